The zero-order valence-electron chi connectivity index (χ0n) is 20.3. The van der Waals surface area contributed by atoms with Crippen LogP contribution in [-0.2, 0) is 29.3 Å². The largest absolute Gasteiger partial charge is 0.435 e. The van der Waals surface area contributed by atoms with Crippen LogP contribution in [-0.4, -0.2) is 22.8 Å². The van der Waals surface area contributed by atoms with E-state index in [2.05, 4.69) is 20.3 Å². The van der Waals surface area contributed by atoms with Crippen molar-refractivity contribution >= 4 is 11.6 Å². The molecule has 0 spiro atoms. The van der Waals surface area contributed by atoms with E-state index >= 15 is 0 Å². The highest BCUT2D eigenvalue weighted by Crippen LogP contribution is 2.51. The highest BCUT2D eigenvalue weighted by atomic mass is 19.4. The standard InChI is InChI=1S/C26H18F9N3O2/c1-14-8-15(5-6-20(14)22(39)37-13-19-4-2-3-7-36-19)21-12-23(40-38-21,26(33,34)35)16-9-17(24(27,28)29)11-18(10-16)25(30,31)32/h2-11H,12-13H2,1H3,(H,37,39). The highest BCUT2D eigenvalue weighted by Gasteiger charge is 2.63. The number of rotatable bonds is 5. The Morgan fingerprint density at radius 2 is 1.57 bits per heavy atom. The molecule has 4 rings (SSSR count). The number of aryl methyl sites for hydroxylation is 1. The molecule has 1 amide bonds. The SMILES string of the molecule is Cc1cc(C2=NOC(c3cc(C(F)(F)F)cc(C(F)(F)F)c3)(C(F)(F)F)C2)ccc1C(=O)NCc1ccccn1. The van der Waals surface area contributed by atoms with Gasteiger partial charge in [0.1, 0.15) is 0 Å². The minimum Gasteiger partial charge on any atom is -0.374 e. The van der Waals surface area contributed by atoms with Gasteiger partial charge in [-0.25, -0.2) is 0 Å². The van der Waals surface area contributed by atoms with Crippen LogP contribution < -0.4 is 5.32 Å². The Balaban J connectivity index is 1.65. The summed E-state index contributed by atoms with van der Waals surface area (Å²) in [4.78, 5) is 21.3. The van der Waals surface area contributed by atoms with Crippen molar-refractivity contribution in [2.75, 3.05) is 0 Å². The van der Waals surface area contributed by atoms with Crippen molar-refractivity contribution in [3.05, 3.63) is 99.9 Å². The average Bonchev–Trinajstić information content (AvgIpc) is 3.34. The van der Waals surface area contributed by atoms with Crippen LogP contribution in [0.3, 0.4) is 0 Å². The second-order valence-electron chi connectivity index (χ2n) is 8.96. The molecule has 5 nitrogen and oxygen atoms in total. The van der Waals surface area contributed by atoms with Crippen LogP contribution >= 0.6 is 0 Å². The van der Waals surface area contributed by atoms with Crippen molar-refractivity contribution in [3.63, 3.8) is 0 Å². The fraction of sp³-hybridized carbons (Fsp3) is 0.269. The lowest BCUT2D eigenvalue weighted by molar-refractivity contribution is -0.276. The molecule has 0 bridgehead atoms. The van der Waals surface area contributed by atoms with Gasteiger partial charge in [-0.15, -0.1) is 0 Å². The molecule has 0 saturated carbocycles. The van der Waals surface area contributed by atoms with E-state index in [1.54, 1.807) is 18.2 Å². The molecular formula is C26H18F9N3O2. The quantitative estimate of drug-likeness (QED) is 0.336. The van der Waals surface area contributed by atoms with Crippen LogP contribution in [0.5, 0.6) is 0 Å². The van der Waals surface area contributed by atoms with Gasteiger partial charge in [0.15, 0.2) is 0 Å². The zero-order valence-corrected chi connectivity index (χ0v) is 20.3. The van der Waals surface area contributed by atoms with Crippen LogP contribution in [0, 0.1) is 6.92 Å². The smallest absolute Gasteiger partial charge is 0.374 e. The van der Waals surface area contributed by atoms with E-state index in [1.807, 2.05) is 0 Å². The summed E-state index contributed by atoms with van der Waals surface area (Å²) in [5.74, 6) is -0.507. The molecule has 2 heterocycles. The normalized spacial score (nSPS) is 17.8. The van der Waals surface area contributed by atoms with Crippen LogP contribution in [0.2, 0.25) is 0 Å². The summed E-state index contributed by atoms with van der Waals surface area (Å²) >= 11 is 0. The second kappa shape index (κ2) is 10.1. The molecule has 1 aliphatic rings. The molecule has 1 aliphatic heterocycles. The molecule has 212 valence electrons. The number of alkyl halides is 9. The molecule has 0 aliphatic carbocycles. The van der Waals surface area contributed by atoms with Crippen LogP contribution in [0.1, 0.15) is 50.3 Å². The Morgan fingerprint density at radius 1 is 0.925 bits per heavy atom. The fourth-order valence-electron chi connectivity index (χ4n) is 4.11. The third kappa shape index (κ3) is 5.75. The Bertz CT molecular complexity index is 1420. The van der Waals surface area contributed by atoms with Crippen molar-refractivity contribution in [2.45, 2.75) is 44.0 Å². The van der Waals surface area contributed by atoms with E-state index in [0.717, 1.165) is 0 Å². The number of nitrogens with zero attached hydrogens (tertiary/aromatic N) is 2. The summed E-state index contributed by atoms with van der Waals surface area (Å²) in [5.41, 5.74) is -8.13. The lowest BCUT2D eigenvalue weighted by Gasteiger charge is -2.30. The molecule has 14 heteroatoms. The predicted octanol–water partition coefficient (Wildman–Crippen LogP) is 6.94. The van der Waals surface area contributed by atoms with Gasteiger partial charge in [0.2, 0.25) is 0 Å². The summed E-state index contributed by atoms with van der Waals surface area (Å²) in [6, 6.07) is 8.66. The van der Waals surface area contributed by atoms with Crippen molar-refractivity contribution in [1.82, 2.24) is 10.3 Å². The Labute approximate surface area is 220 Å². The number of carbonyl (C=O) groups is 1. The summed E-state index contributed by atoms with van der Waals surface area (Å²) in [6.07, 6.45) is -15.9. The number of hydrogen-bond acceptors (Lipinski definition) is 4. The minimum absolute atomic E-state index is 0.0263. The van der Waals surface area contributed by atoms with Crippen molar-refractivity contribution in [3.8, 4) is 0 Å². The third-order valence-electron chi connectivity index (χ3n) is 6.20. The first-order valence-corrected chi connectivity index (χ1v) is 11.4. The van der Waals surface area contributed by atoms with Crippen molar-refractivity contribution in [1.29, 1.82) is 0 Å². The van der Waals surface area contributed by atoms with Crippen LogP contribution in [0.25, 0.3) is 0 Å². The van der Waals surface area contributed by atoms with Crippen molar-refractivity contribution < 1.29 is 49.1 Å². The second-order valence-corrected chi connectivity index (χ2v) is 8.96. The van der Waals surface area contributed by atoms with E-state index in [9.17, 15) is 44.3 Å². The van der Waals surface area contributed by atoms with Crippen molar-refractivity contribution in [2.24, 2.45) is 5.16 Å². The maximum absolute atomic E-state index is 14.3. The van der Waals surface area contributed by atoms with Gasteiger partial charge in [-0.1, -0.05) is 17.3 Å². The number of benzene rings is 2. The lowest BCUT2D eigenvalue weighted by Crippen LogP contribution is -2.43. The molecule has 3 aromatic rings. The molecule has 1 atom stereocenters. The van der Waals surface area contributed by atoms with E-state index in [0.29, 0.717) is 11.3 Å². The van der Waals surface area contributed by atoms with Crippen LogP contribution in [0.4, 0.5) is 39.5 Å². The number of oxime groups is 1. The molecule has 1 unspecified atom stereocenters. The summed E-state index contributed by atoms with van der Waals surface area (Å²) in [5, 5.41) is 6.05. The van der Waals surface area contributed by atoms with Gasteiger partial charge in [-0.05, 0) is 60.5 Å². The zero-order chi connectivity index (χ0) is 29.5. The number of halogens is 9. The average molecular weight is 575 g/mol. The van der Waals surface area contributed by atoms with E-state index in [-0.39, 0.29) is 41.6 Å². The maximum Gasteiger partial charge on any atom is 0.435 e. The van der Waals surface area contributed by atoms with Gasteiger partial charge in [0.05, 0.1) is 29.1 Å². The lowest BCUT2D eigenvalue weighted by atomic mass is 9.84. The Morgan fingerprint density at radius 3 is 2.10 bits per heavy atom. The highest BCUT2D eigenvalue weighted by molar-refractivity contribution is 6.03. The summed E-state index contributed by atoms with van der Waals surface area (Å²) in [7, 11) is 0. The molecule has 1 aromatic heterocycles. The van der Waals surface area contributed by atoms with Gasteiger partial charge in [0.25, 0.3) is 11.5 Å². The number of pyridine rings is 1. The first-order chi connectivity index (χ1) is 18.5. The molecular weight excluding hydrogens is 557 g/mol. The number of aromatic nitrogens is 1. The van der Waals surface area contributed by atoms with Gasteiger partial charge >= 0.3 is 18.5 Å². The third-order valence-corrected chi connectivity index (χ3v) is 6.20. The molecule has 0 fully saturated rings. The number of carbonyl (C=O) groups excluding carboxylic acids is 1. The predicted molar refractivity (Wildman–Crippen MR) is 123 cm³/mol. The van der Waals surface area contributed by atoms with E-state index in [4.69, 9.17) is 0 Å². The van der Waals surface area contributed by atoms with E-state index < -0.39 is 53.1 Å². The molecule has 2 aromatic carbocycles. The Hall–Kier alpha value is -4.10. The molecule has 1 N–H and O–H groups in total. The van der Waals surface area contributed by atoms with Gasteiger partial charge < -0.3 is 10.2 Å². The van der Waals surface area contributed by atoms with Crippen LogP contribution in [0.15, 0.2) is 65.9 Å². The first kappa shape index (κ1) is 28.9. The molecule has 0 saturated heterocycles. The van der Waals surface area contributed by atoms with E-state index in [1.165, 1.54) is 31.3 Å². The monoisotopic (exact) mass is 575 g/mol. The van der Waals surface area contributed by atoms with Gasteiger partial charge in [-0.2, -0.15) is 39.5 Å². The number of hydrogen-bond donors (Lipinski definition) is 1. The fourth-order valence-corrected chi connectivity index (χ4v) is 4.11. The maximum atomic E-state index is 14.3. The first-order valence-electron chi connectivity index (χ1n) is 11.4. The number of amides is 1. The molecule has 40 heavy (non-hydrogen) atoms. The topological polar surface area (TPSA) is 63.6 Å². The summed E-state index contributed by atoms with van der Waals surface area (Å²) in [6.45, 7) is 1.60. The van der Waals surface area contributed by atoms with Gasteiger partial charge in [-0.3, -0.25) is 9.78 Å². The Kier molecular flexibility index (Phi) is 7.32. The summed E-state index contributed by atoms with van der Waals surface area (Å²) < 4.78 is 123. The molecule has 0 radical (unpaired) electrons. The minimum atomic E-state index is -5.45. The number of nitrogens with one attached hydrogen (secondary N) is 1. The van der Waals surface area contributed by atoms with Gasteiger partial charge in [0, 0.05) is 23.7 Å².